The summed E-state index contributed by atoms with van der Waals surface area (Å²) in [4.78, 5) is 2.34. The number of hydrogen-bond acceptors (Lipinski definition) is 2. The quantitative estimate of drug-likeness (QED) is 0.700. The number of nitrogens with zero attached hydrogens (tertiary/aromatic N) is 1. The van der Waals surface area contributed by atoms with E-state index in [9.17, 15) is 0 Å². The smallest absolute Gasteiger partial charge is 0.0363 e. The average molecular weight is 248 g/mol. The Morgan fingerprint density at radius 3 is 2.33 bits per heavy atom. The zero-order valence-corrected chi connectivity index (χ0v) is 12.4. The molecule has 1 aromatic carbocycles. The first-order valence-corrected chi connectivity index (χ1v) is 7.23. The van der Waals surface area contributed by atoms with Gasteiger partial charge >= 0.3 is 0 Å². The summed E-state index contributed by atoms with van der Waals surface area (Å²) in [7, 11) is 2.18. The average Bonchev–Trinajstić information content (AvgIpc) is 2.39. The predicted molar refractivity (Wildman–Crippen MR) is 81.3 cm³/mol. The lowest BCUT2D eigenvalue weighted by atomic mass is 10.1. The fourth-order valence-corrected chi connectivity index (χ4v) is 2.17. The number of anilines is 1. The highest BCUT2D eigenvalue weighted by molar-refractivity contribution is 5.47. The normalized spacial score (nSPS) is 12.4. The van der Waals surface area contributed by atoms with E-state index in [0.717, 1.165) is 13.1 Å². The standard InChI is InChI=1S/C16H28N2/c1-5-7-8-13-18(4)16-11-9-15(10-12-16)14(3)17-6-2/h9-12,14,17H,5-8,13H2,1-4H3. The summed E-state index contributed by atoms with van der Waals surface area (Å²) in [6.07, 6.45) is 3.88. The lowest BCUT2D eigenvalue weighted by Gasteiger charge is -2.20. The van der Waals surface area contributed by atoms with Gasteiger partial charge in [0.25, 0.3) is 0 Å². The van der Waals surface area contributed by atoms with E-state index >= 15 is 0 Å². The minimum absolute atomic E-state index is 0.439. The van der Waals surface area contributed by atoms with Gasteiger partial charge in [0.1, 0.15) is 0 Å². The molecule has 0 aliphatic rings. The van der Waals surface area contributed by atoms with Crippen LogP contribution in [0.1, 0.15) is 51.6 Å². The van der Waals surface area contributed by atoms with Gasteiger partial charge in [-0.25, -0.2) is 0 Å². The van der Waals surface area contributed by atoms with Gasteiger partial charge in [0.05, 0.1) is 0 Å². The number of hydrogen-bond donors (Lipinski definition) is 1. The van der Waals surface area contributed by atoms with E-state index in [4.69, 9.17) is 0 Å². The molecule has 2 nitrogen and oxygen atoms in total. The van der Waals surface area contributed by atoms with Crippen molar-refractivity contribution in [2.75, 3.05) is 25.0 Å². The van der Waals surface area contributed by atoms with Crippen molar-refractivity contribution >= 4 is 5.69 Å². The van der Waals surface area contributed by atoms with Crippen molar-refractivity contribution in [1.82, 2.24) is 5.32 Å². The molecular formula is C16H28N2. The van der Waals surface area contributed by atoms with E-state index in [1.54, 1.807) is 0 Å². The summed E-state index contributed by atoms with van der Waals surface area (Å²) in [5, 5.41) is 3.44. The molecule has 1 atom stereocenters. The van der Waals surface area contributed by atoms with Gasteiger partial charge < -0.3 is 10.2 Å². The molecule has 2 heteroatoms. The van der Waals surface area contributed by atoms with Crippen LogP contribution < -0.4 is 10.2 Å². The van der Waals surface area contributed by atoms with Gasteiger partial charge in [0.15, 0.2) is 0 Å². The lowest BCUT2D eigenvalue weighted by molar-refractivity contribution is 0.598. The van der Waals surface area contributed by atoms with E-state index in [-0.39, 0.29) is 0 Å². The second kappa shape index (κ2) is 8.15. The minimum atomic E-state index is 0.439. The summed E-state index contributed by atoms with van der Waals surface area (Å²) in [5.74, 6) is 0. The molecular weight excluding hydrogens is 220 g/mol. The van der Waals surface area contributed by atoms with Crippen LogP contribution in [0.15, 0.2) is 24.3 Å². The SMILES string of the molecule is CCCCCN(C)c1ccc(C(C)NCC)cc1. The zero-order valence-electron chi connectivity index (χ0n) is 12.4. The van der Waals surface area contributed by atoms with Crippen molar-refractivity contribution in [2.24, 2.45) is 0 Å². The zero-order chi connectivity index (χ0) is 13.4. The van der Waals surface area contributed by atoms with E-state index in [1.165, 1.54) is 30.5 Å². The topological polar surface area (TPSA) is 15.3 Å². The molecule has 0 amide bonds. The molecule has 0 aromatic heterocycles. The van der Waals surface area contributed by atoms with Crippen LogP contribution in [0.5, 0.6) is 0 Å². The summed E-state index contributed by atoms with van der Waals surface area (Å²) < 4.78 is 0. The van der Waals surface area contributed by atoms with Gasteiger partial charge in [-0.1, -0.05) is 38.8 Å². The van der Waals surface area contributed by atoms with E-state index in [1.807, 2.05) is 0 Å². The maximum Gasteiger partial charge on any atom is 0.0363 e. The van der Waals surface area contributed by atoms with Crippen LogP contribution in [0.25, 0.3) is 0 Å². The van der Waals surface area contributed by atoms with Crippen molar-refractivity contribution in [3.8, 4) is 0 Å². The molecule has 1 N–H and O–H groups in total. The number of nitrogens with one attached hydrogen (secondary N) is 1. The maximum atomic E-state index is 3.44. The molecule has 18 heavy (non-hydrogen) atoms. The third-order valence-electron chi connectivity index (χ3n) is 3.44. The van der Waals surface area contributed by atoms with Crippen LogP contribution in [0.2, 0.25) is 0 Å². The Balaban J connectivity index is 2.53. The molecule has 1 rings (SSSR count). The first-order chi connectivity index (χ1) is 8.69. The Morgan fingerprint density at radius 1 is 1.11 bits per heavy atom. The van der Waals surface area contributed by atoms with Crippen LogP contribution in [-0.2, 0) is 0 Å². The van der Waals surface area contributed by atoms with E-state index in [0.29, 0.717) is 6.04 Å². The van der Waals surface area contributed by atoms with Gasteiger partial charge in [0.2, 0.25) is 0 Å². The maximum absolute atomic E-state index is 3.44. The number of rotatable bonds is 8. The van der Waals surface area contributed by atoms with Crippen molar-refractivity contribution in [3.63, 3.8) is 0 Å². The third kappa shape index (κ3) is 4.69. The van der Waals surface area contributed by atoms with Gasteiger partial charge in [0, 0.05) is 25.3 Å². The Kier molecular flexibility index (Phi) is 6.81. The summed E-state index contributed by atoms with van der Waals surface area (Å²) in [6.45, 7) is 8.77. The first kappa shape index (κ1) is 15.0. The third-order valence-corrected chi connectivity index (χ3v) is 3.44. The van der Waals surface area contributed by atoms with Crippen LogP contribution in [-0.4, -0.2) is 20.1 Å². The molecule has 0 aliphatic carbocycles. The monoisotopic (exact) mass is 248 g/mol. The Labute approximate surface area is 112 Å². The number of unbranched alkanes of at least 4 members (excludes halogenated alkanes) is 2. The van der Waals surface area contributed by atoms with Crippen LogP contribution in [0.3, 0.4) is 0 Å². The van der Waals surface area contributed by atoms with Gasteiger partial charge in [-0.3, -0.25) is 0 Å². The molecule has 1 aromatic rings. The highest BCUT2D eigenvalue weighted by Crippen LogP contribution is 2.18. The molecule has 0 aliphatic heterocycles. The van der Waals surface area contributed by atoms with Crippen molar-refractivity contribution in [2.45, 2.75) is 46.1 Å². The van der Waals surface area contributed by atoms with Gasteiger partial charge in [-0.15, -0.1) is 0 Å². The molecule has 102 valence electrons. The lowest BCUT2D eigenvalue weighted by Crippen LogP contribution is -2.19. The second-order valence-electron chi connectivity index (χ2n) is 5.00. The molecule has 1 unspecified atom stereocenters. The highest BCUT2D eigenvalue weighted by Gasteiger charge is 2.05. The van der Waals surface area contributed by atoms with E-state index in [2.05, 4.69) is 62.3 Å². The van der Waals surface area contributed by atoms with Crippen molar-refractivity contribution in [3.05, 3.63) is 29.8 Å². The van der Waals surface area contributed by atoms with Crippen LogP contribution in [0, 0.1) is 0 Å². The fraction of sp³-hybridized carbons (Fsp3) is 0.625. The number of benzene rings is 1. The second-order valence-corrected chi connectivity index (χ2v) is 5.00. The van der Waals surface area contributed by atoms with Crippen LogP contribution >= 0.6 is 0 Å². The molecule has 0 heterocycles. The van der Waals surface area contributed by atoms with E-state index < -0.39 is 0 Å². The van der Waals surface area contributed by atoms with Crippen LogP contribution in [0.4, 0.5) is 5.69 Å². The Bertz CT molecular complexity index is 318. The van der Waals surface area contributed by atoms with Crippen molar-refractivity contribution < 1.29 is 0 Å². The Morgan fingerprint density at radius 2 is 1.78 bits per heavy atom. The molecule has 0 radical (unpaired) electrons. The largest absolute Gasteiger partial charge is 0.375 e. The van der Waals surface area contributed by atoms with Crippen molar-refractivity contribution in [1.29, 1.82) is 0 Å². The first-order valence-electron chi connectivity index (χ1n) is 7.23. The predicted octanol–water partition coefficient (Wildman–Crippen LogP) is 3.98. The molecule has 0 spiro atoms. The molecule has 0 fully saturated rings. The molecule has 0 bridgehead atoms. The summed E-state index contributed by atoms with van der Waals surface area (Å²) in [5.41, 5.74) is 2.68. The molecule has 0 saturated heterocycles. The Hall–Kier alpha value is -1.02. The minimum Gasteiger partial charge on any atom is -0.375 e. The summed E-state index contributed by atoms with van der Waals surface area (Å²) in [6, 6.07) is 9.37. The van der Waals surface area contributed by atoms with Gasteiger partial charge in [-0.2, -0.15) is 0 Å². The fourth-order valence-electron chi connectivity index (χ4n) is 2.17. The summed E-state index contributed by atoms with van der Waals surface area (Å²) >= 11 is 0. The highest BCUT2D eigenvalue weighted by atomic mass is 15.1. The van der Waals surface area contributed by atoms with Gasteiger partial charge in [-0.05, 0) is 37.6 Å². The molecule has 0 saturated carbocycles.